The Balaban J connectivity index is 2.20. The Morgan fingerprint density at radius 1 is 1.29 bits per heavy atom. The number of rotatable bonds is 2. The zero-order valence-corrected chi connectivity index (χ0v) is 11.4. The van der Waals surface area contributed by atoms with E-state index < -0.39 is 6.10 Å². The van der Waals surface area contributed by atoms with Crippen LogP contribution in [0.3, 0.4) is 0 Å². The molecule has 0 saturated heterocycles. The van der Waals surface area contributed by atoms with Crippen LogP contribution in [0.1, 0.15) is 55.9 Å². The molecule has 1 saturated carbocycles. The maximum Gasteiger partial charge on any atom is 0.132 e. The molecule has 1 aliphatic rings. The third-order valence-electron chi connectivity index (χ3n) is 3.84. The van der Waals surface area contributed by atoms with Gasteiger partial charge in [0.15, 0.2) is 0 Å². The van der Waals surface area contributed by atoms with Crippen LogP contribution >= 0.6 is 11.6 Å². The molecular weight excluding hydrogens is 236 g/mol. The van der Waals surface area contributed by atoms with Gasteiger partial charge in [-0.3, -0.25) is 4.68 Å². The summed E-state index contributed by atoms with van der Waals surface area (Å²) in [4.78, 5) is 0. The summed E-state index contributed by atoms with van der Waals surface area (Å²) in [6, 6.07) is 0. The number of aromatic nitrogens is 2. The first-order valence-electron chi connectivity index (χ1n) is 6.48. The van der Waals surface area contributed by atoms with Crippen LogP contribution in [0, 0.1) is 12.8 Å². The van der Waals surface area contributed by atoms with Crippen LogP contribution in [-0.2, 0) is 7.05 Å². The molecule has 1 aromatic heterocycles. The van der Waals surface area contributed by atoms with Gasteiger partial charge in [-0.05, 0) is 25.7 Å². The lowest BCUT2D eigenvalue weighted by molar-refractivity contribution is 0.0982. The second-order valence-corrected chi connectivity index (χ2v) is 5.47. The Morgan fingerprint density at radius 3 is 2.35 bits per heavy atom. The van der Waals surface area contributed by atoms with Gasteiger partial charge in [-0.15, -0.1) is 0 Å². The molecule has 2 rings (SSSR count). The number of hydrogen-bond acceptors (Lipinski definition) is 2. The Labute approximate surface area is 108 Å². The molecule has 3 nitrogen and oxygen atoms in total. The average Bonchev–Trinajstić information content (AvgIpc) is 2.52. The molecule has 0 spiro atoms. The molecule has 0 aromatic carbocycles. The average molecular weight is 257 g/mol. The number of halogens is 1. The van der Waals surface area contributed by atoms with E-state index in [1.807, 2.05) is 14.0 Å². The Hall–Kier alpha value is -0.540. The quantitative estimate of drug-likeness (QED) is 0.824. The van der Waals surface area contributed by atoms with Gasteiger partial charge in [0.1, 0.15) is 5.15 Å². The summed E-state index contributed by atoms with van der Waals surface area (Å²) in [6.45, 7) is 1.92. The van der Waals surface area contributed by atoms with E-state index in [2.05, 4.69) is 5.10 Å². The van der Waals surface area contributed by atoms with Crippen LogP contribution in [-0.4, -0.2) is 14.9 Å². The summed E-state index contributed by atoms with van der Waals surface area (Å²) >= 11 is 6.21. The van der Waals surface area contributed by atoms with E-state index in [-0.39, 0.29) is 0 Å². The first-order valence-corrected chi connectivity index (χ1v) is 6.86. The largest absolute Gasteiger partial charge is 0.388 e. The zero-order chi connectivity index (χ0) is 12.4. The summed E-state index contributed by atoms with van der Waals surface area (Å²) in [7, 11) is 1.82. The van der Waals surface area contributed by atoms with E-state index in [1.54, 1.807) is 4.68 Å². The molecule has 1 fully saturated rings. The fraction of sp³-hybridized carbons (Fsp3) is 0.769. The minimum atomic E-state index is -0.450. The van der Waals surface area contributed by atoms with E-state index in [0.717, 1.165) is 24.1 Å². The van der Waals surface area contributed by atoms with E-state index in [9.17, 15) is 5.11 Å². The van der Waals surface area contributed by atoms with Gasteiger partial charge in [-0.2, -0.15) is 5.10 Å². The molecule has 17 heavy (non-hydrogen) atoms. The van der Waals surface area contributed by atoms with Crippen LogP contribution in [0.4, 0.5) is 0 Å². The molecule has 0 bridgehead atoms. The van der Waals surface area contributed by atoms with Crippen molar-refractivity contribution in [2.24, 2.45) is 13.0 Å². The van der Waals surface area contributed by atoms with Crippen molar-refractivity contribution >= 4 is 11.6 Å². The van der Waals surface area contributed by atoms with Gasteiger partial charge < -0.3 is 5.11 Å². The van der Waals surface area contributed by atoms with E-state index >= 15 is 0 Å². The minimum Gasteiger partial charge on any atom is -0.388 e. The molecule has 4 heteroatoms. The lowest BCUT2D eigenvalue weighted by atomic mass is 9.90. The van der Waals surface area contributed by atoms with E-state index in [0.29, 0.717) is 11.1 Å². The van der Waals surface area contributed by atoms with Crippen molar-refractivity contribution < 1.29 is 5.11 Å². The van der Waals surface area contributed by atoms with Gasteiger partial charge in [-0.1, -0.05) is 37.3 Å². The highest BCUT2D eigenvalue weighted by Gasteiger charge is 2.27. The predicted octanol–water partition coefficient (Wildman–Crippen LogP) is 3.39. The van der Waals surface area contributed by atoms with Crippen LogP contribution in [0.25, 0.3) is 0 Å². The number of aryl methyl sites for hydroxylation is 2. The van der Waals surface area contributed by atoms with E-state index in [1.165, 1.54) is 25.7 Å². The maximum atomic E-state index is 10.5. The van der Waals surface area contributed by atoms with Gasteiger partial charge in [-0.25, -0.2) is 0 Å². The summed E-state index contributed by atoms with van der Waals surface area (Å²) in [5.41, 5.74) is 1.69. The summed E-state index contributed by atoms with van der Waals surface area (Å²) in [6.07, 6.45) is 6.79. The first-order chi connectivity index (χ1) is 8.11. The minimum absolute atomic E-state index is 0.345. The standard InChI is InChI=1S/C13H21ClN2O/c1-9-11(13(14)16(2)15-9)12(17)10-7-5-3-4-6-8-10/h10,12,17H,3-8H2,1-2H3. The molecule has 1 N–H and O–H groups in total. The Kier molecular flexibility index (Phi) is 4.10. The fourth-order valence-electron chi connectivity index (χ4n) is 2.84. The maximum absolute atomic E-state index is 10.5. The highest BCUT2D eigenvalue weighted by Crippen LogP contribution is 2.37. The normalized spacial score (nSPS) is 20.2. The molecular formula is C13H21ClN2O. The number of aliphatic hydroxyl groups excluding tert-OH is 1. The van der Waals surface area contributed by atoms with Crippen molar-refractivity contribution in [3.8, 4) is 0 Å². The molecule has 0 aliphatic heterocycles. The molecule has 1 heterocycles. The van der Waals surface area contributed by atoms with Crippen molar-refractivity contribution in [2.75, 3.05) is 0 Å². The number of hydrogen-bond donors (Lipinski definition) is 1. The van der Waals surface area contributed by atoms with Crippen molar-refractivity contribution in [2.45, 2.75) is 51.6 Å². The van der Waals surface area contributed by atoms with Crippen molar-refractivity contribution in [3.05, 3.63) is 16.4 Å². The molecule has 0 radical (unpaired) electrons. The number of nitrogens with zero attached hydrogens (tertiary/aromatic N) is 2. The first kappa shape index (κ1) is 12.9. The van der Waals surface area contributed by atoms with Crippen LogP contribution in [0.5, 0.6) is 0 Å². The Bertz CT molecular complexity index is 381. The van der Waals surface area contributed by atoms with Gasteiger partial charge in [0.2, 0.25) is 0 Å². The second kappa shape index (κ2) is 5.40. The fourth-order valence-corrected chi connectivity index (χ4v) is 3.13. The van der Waals surface area contributed by atoms with Crippen molar-refractivity contribution in [1.29, 1.82) is 0 Å². The lowest BCUT2D eigenvalue weighted by Crippen LogP contribution is -2.13. The van der Waals surface area contributed by atoms with Crippen molar-refractivity contribution in [3.63, 3.8) is 0 Å². The third-order valence-corrected chi connectivity index (χ3v) is 4.29. The molecule has 1 unspecified atom stereocenters. The summed E-state index contributed by atoms with van der Waals surface area (Å²) in [5.74, 6) is 0.345. The Morgan fingerprint density at radius 2 is 1.88 bits per heavy atom. The molecule has 96 valence electrons. The van der Waals surface area contributed by atoms with Gasteiger partial charge in [0, 0.05) is 12.6 Å². The SMILES string of the molecule is Cc1nn(C)c(Cl)c1C(O)C1CCCCCC1. The van der Waals surface area contributed by atoms with Gasteiger partial charge in [0.05, 0.1) is 11.8 Å². The topological polar surface area (TPSA) is 38.0 Å². The molecule has 1 aromatic rings. The summed E-state index contributed by atoms with van der Waals surface area (Å²) < 4.78 is 1.64. The molecule has 1 aliphatic carbocycles. The van der Waals surface area contributed by atoms with Crippen molar-refractivity contribution in [1.82, 2.24) is 9.78 Å². The third kappa shape index (κ3) is 2.66. The monoisotopic (exact) mass is 256 g/mol. The van der Waals surface area contributed by atoms with Crippen LogP contribution in [0.2, 0.25) is 5.15 Å². The van der Waals surface area contributed by atoms with Gasteiger partial charge in [0.25, 0.3) is 0 Å². The van der Waals surface area contributed by atoms with Crippen LogP contribution in [0.15, 0.2) is 0 Å². The zero-order valence-electron chi connectivity index (χ0n) is 10.6. The smallest absolute Gasteiger partial charge is 0.132 e. The molecule has 0 amide bonds. The van der Waals surface area contributed by atoms with Gasteiger partial charge >= 0.3 is 0 Å². The highest BCUT2D eigenvalue weighted by atomic mass is 35.5. The second-order valence-electron chi connectivity index (χ2n) is 5.11. The van der Waals surface area contributed by atoms with E-state index in [4.69, 9.17) is 11.6 Å². The van der Waals surface area contributed by atoms with Crippen LogP contribution < -0.4 is 0 Å². The highest BCUT2D eigenvalue weighted by molar-refractivity contribution is 6.30. The molecule has 1 atom stereocenters. The summed E-state index contributed by atoms with van der Waals surface area (Å²) in [5, 5.41) is 15.4. The number of aliphatic hydroxyl groups is 1. The lowest BCUT2D eigenvalue weighted by Gasteiger charge is -2.21. The predicted molar refractivity (Wildman–Crippen MR) is 69.1 cm³/mol.